The van der Waals surface area contributed by atoms with Crippen molar-refractivity contribution < 1.29 is 4.79 Å². The van der Waals surface area contributed by atoms with Crippen molar-refractivity contribution >= 4 is 18.3 Å². The molecule has 2 bridgehead atoms. The predicted molar refractivity (Wildman–Crippen MR) is 96.3 cm³/mol. The third-order valence-electron chi connectivity index (χ3n) is 5.67. The molecular weight excluding hydrogens is 308 g/mol. The summed E-state index contributed by atoms with van der Waals surface area (Å²) in [6.45, 7) is 3.59. The van der Waals surface area contributed by atoms with Crippen LogP contribution in [0, 0.1) is 17.8 Å². The van der Waals surface area contributed by atoms with E-state index >= 15 is 0 Å². The Hall–Kier alpha value is -1.06. The van der Waals surface area contributed by atoms with Crippen LogP contribution in [0.25, 0.3) is 0 Å². The van der Waals surface area contributed by atoms with Crippen LogP contribution >= 0.6 is 12.4 Å². The minimum atomic E-state index is 0. The predicted octanol–water partition coefficient (Wildman–Crippen LogP) is 3.61. The van der Waals surface area contributed by atoms with Crippen molar-refractivity contribution in [3.63, 3.8) is 0 Å². The van der Waals surface area contributed by atoms with Crippen molar-refractivity contribution in [2.24, 2.45) is 23.5 Å². The number of carbonyl (C=O) groups is 1. The van der Waals surface area contributed by atoms with Crippen LogP contribution < -0.4 is 5.73 Å². The third-order valence-corrected chi connectivity index (χ3v) is 5.67. The molecule has 1 aromatic rings. The number of halogens is 1. The number of hydrogen-bond donors (Lipinski definition) is 1. The summed E-state index contributed by atoms with van der Waals surface area (Å²) >= 11 is 0. The Balaban J connectivity index is 0.00000192. The molecule has 0 radical (unpaired) electrons. The Morgan fingerprint density at radius 3 is 2.35 bits per heavy atom. The molecule has 2 N–H and O–H groups in total. The first-order valence-corrected chi connectivity index (χ1v) is 8.77. The van der Waals surface area contributed by atoms with Crippen LogP contribution in [0.1, 0.15) is 44.6 Å². The third kappa shape index (κ3) is 4.07. The molecular formula is C19H29ClN2O. The van der Waals surface area contributed by atoms with Crippen molar-refractivity contribution in [1.29, 1.82) is 0 Å². The minimum absolute atomic E-state index is 0. The average Bonchev–Trinajstić information content (AvgIpc) is 2.53. The Morgan fingerprint density at radius 2 is 1.78 bits per heavy atom. The standard InChI is InChI=1S/C19H28N2O.ClH/c1-2-21(13-14-7-4-3-5-8-14)19(22)17-11-15-9-6-10-16(12-17)18(15)20;/h3-5,7-8,15-18H,2,6,9-13,20H2,1H3;1H. The fraction of sp³-hybridized carbons (Fsp3) is 0.632. The Bertz CT molecular complexity index is 493. The fourth-order valence-corrected chi connectivity index (χ4v) is 4.40. The van der Waals surface area contributed by atoms with Gasteiger partial charge in [-0.3, -0.25) is 4.79 Å². The lowest BCUT2D eigenvalue weighted by molar-refractivity contribution is -0.139. The van der Waals surface area contributed by atoms with E-state index in [1.54, 1.807) is 0 Å². The van der Waals surface area contributed by atoms with Gasteiger partial charge in [0.05, 0.1) is 0 Å². The monoisotopic (exact) mass is 336 g/mol. The molecule has 3 nitrogen and oxygen atoms in total. The lowest BCUT2D eigenvalue weighted by Crippen LogP contribution is -2.49. The maximum atomic E-state index is 13.0. The topological polar surface area (TPSA) is 46.3 Å². The summed E-state index contributed by atoms with van der Waals surface area (Å²) < 4.78 is 0. The maximum absolute atomic E-state index is 13.0. The zero-order chi connectivity index (χ0) is 15.5. The van der Waals surface area contributed by atoms with Gasteiger partial charge in [0, 0.05) is 25.0 Å². The number of nitrogens with zero attached hydrogens (tertiary/aromatic N) is 1. The SMILES string of the molecule is CCN(Cc1ccccc1)C(=O)C1CC2CCCC(C1)C2N.Cl. The maximum Gasteiger partial charge on any atom is 0.225 e. The highest BCUT2D eigenvalue weighted by atomic mass is 35.5. The molecule has 2 saturated carbocycles. The fourth-order valence-electron chi connectivity index (χ4n) is 4.40. The van der Waals surface area contributed by atoms with Gasteiger partial charge in [0.2, 0.25) is 5.91 Å². The van der Waals surface area contributed by atoms with E-state index < -0.39 is 0 Å². The number of rotatable bonds is 4. The second-order valence-electron chi connectivity index (χ2n) is 7.03. The van der Waals surface area contributed by atoms with Crippen LogP contribution in [0.4, 0.5) is 0 Å². The highest BCUT2D eigenvalue weighted by molar-refractivity contribution is 5.85. The highest BCUT2D eigenvalue weighted by Gasteiger charge is 2.41. The van der Waals surface area contributed by atoms with E-state index in [0.717, 1.165) is 25.9 Å². The molecule has 128 valence electrons. The van der Waals surface area contributed by atoms with E-state index in [1.807, 2.05) is 23.1 Å². The molecule has 1 amide bonds. The molecule has 2 fully saturated rings. The molecule has 0 spiro atoms. The molecule has 2 aliphatic carbocycles. The number of amides is 1. The quantitative estimate of drug-likeness (QED) is 0.913. The van der Waals surface area contributed by atoms with Gasteiger partial charge < -0.3 is 10.6 Å². The first kappa shape index (κ1) is 18.3. The van der Waals surface area contributed by atoms with E-state index in [9.17, 15) is 4.79 Å². The van der Waals surface area contributed by atoms with Gasteiger partial charge in [0.1, 0.15) is 0 Å². The number of fused-ring (bicyclic) bond motifs is 2. The molecule has 2 atom stereocenters. The lowest BCUT2D eigenvalue weighted by Gasteiger charge is -2.44. The summed E-state index contributed by atoms with van der Waals surface area (Å²) in [4.78, 5) is 15.0. The second kappa shape index (κ2) is 8.16. The van der Waals surface area contributed by atoms with Gasteiger partial charge in [-0.25, -0.2) is 0 Å². The largest absolute Gasteiger partial charge is 0.338 e. The van der Waals surface area contributed by atoms with Gasteiger partial charge in [0.25, 0.3) is 0 Å². The Morgan fingerprint density at radius 1 is 1.17 bits per heavy atom. The van der Waals surface area contributed by atoms with E-state index in [1.165, 1.54) is 24.8 Å². The van der Waals surface area contributed by atoms with Crippen molar-refractivity contribution in [3.8, 4) is 0 Å². The molecule has 2 aliphatic rings. The molecule has 0 aromatic heterocycles. The van der Waals surface area contributed by atoms with Gasteiger partial charge >= 0.3 is 0 Å². The van der Waals surface area contributed by atoms with Crippen LogP contribution in [-0.2, 0) is 11.3 Å². The molecule has 1 aromatic carbocycles. The highest BCUT2D eigenvalue weighted by Crippen LogP contribution is 2.42. The normalized spacial score (nSPS) is 29.5. The molecule has 2 unspecified atom stereocenters. The van der Waals surface area contributed by atoms with E-state index in [0.29, 0.717) is 23.8 Å². The Labute approximate surface area is 146 Å². The summed E-state index contributed by atoms with van der Waals surface area (Å²) in [5.41, 5.74) is 7.57. The van der Waals surface area contributed by atoms with E-state index in [2.05, 4.69) is 19.1 Å². The summed E-state index contributed by atoms with van der Waals surface area (Å²) in [6.07, 6.45) is 5.73. The molecule has 0 heterocycles. The van der Waals surface area contributed by atoms with Crippen LogP contribution in [0.2, 0.25) is 0 Å². The first-order valence-electron chi connectivity index (χ1n) is 8.77. The van der Waals surface area contributed by atoms with Crippen LogP contribution in [0.5, 0.6) is 0 Å². The molecule has 0 saturated heterocycles. The van der Waals surface area contributed by atoms with Crippen molar-refractivity contribution in [1.82, 2.24) is 4.90 Å². The van der Waals surface area contributed by atoms with Gasteiger partial charge in [-0.1, -0.05) is 36.8 Å². The van der Waals surface area contributed by atoms with Crippen molar-refractivity contribution in [2.45, 2.75) is 51.6 Å². The number of benzene rings is 1. The zero-order valence-corrected chi connectivity index (χ0v) is 14.8. The van der Waals surface area contributed by atoms with Crippen LogP contribution in [0.3, 0.4) is 0 Å². The molecule has 3 rings (SSSR count). The smallest absolute Gasteiger partial charge is 0.225 e. The summed E-state index contributed by atoms with van der Waals surface area (Å²) in [5.74, 6) is 1.67. The summed E-state index contributed by atoms with van der Waals surface area (Å²) in [5, 5.41) is 0. The first-order chi connectivity index (χ1) is 10.7. The van der Waals surface area contributed by atoms with Gasteiger partial charge in [-0.15, -0.1) is 12.4 Å². The molecule has 23 heavy (non-hydrogen) atoms. The zero-order valence-electron chi connectivity index (χ0n) is 14.0. The number of carbonyl (C=O) groups excluding carboxylic acids is 1. The minimum Gasteiger partial charge on any atom is -0.338 e. The Kier molecular flexibility index (Phi) is 6.49. The number of hydrogen-bond acceptors (Lipinski definition) is 2. The van der Waals surface area contributed by atoms with Gasteiger partial charge in [-0.2, -0.15) is 0 Å². The van der Waals surface area contributed by atoms with E-state index in [4.69, 9.17) is 5.73 Å². The van der Waals surface area contributed by atoms with Crippen LogP contribution in [-0.4, -0.2) is 23.4 Å². The van der Waals surface area contributed by atoms with E-state index in [-0.39, 0.29) is 18.3 Å². The average molecular weight is 337 g/mol. The van der Waals surface area contributed by atoms with Crippen molar-refractivity contribution in [2.75, 3.05) is 6.54 Å². The molecule has 0 aliphatic heterocycles. The molecule has 4 heteroatoms. The summed E-state index contributed by atoms with van der Waals surface area (Å²) in [7, 11) is 0. The van der Waals surface area contributed by atoms with Gasteiger partial charge in [-0.05, 0) is 50.0 Å². The van der Waals surface area contributed by atoms with Crippen molar-refractivity contribution in [3.05, 3.63) is 35.9 Å². The second-order valence-corrected chi connectivity index (χ2v) is 7.03. The van der Waals surface area contributed by atoms with Gasteiger partial charge in [0.15, 0.2) is 0 Å². The van der Waals surface area contributed by atoms with Crippen LogP contribution in [0.15, 0.2) is 30.3 Å². The number of nitrogens with two attached hydrogens (primary N) is 1. The summed E-state index contributed by atoms with van der Waals surface area (Å²) in [6, 6.07) is 10.6. The lowest BCUT2D eigenvalue weighted by atomic mass is 9.65.